The van der Waals surface area contributed by atoms with Crippen molar-refractivity contribution in [3.63, 3.8) is 0 Å². The maximum atomic E-state index is 5.59. The number of nitrogens with zero attached hydrogens (tertiary/aromatic N) is 4. The topological polar surface area (TPSA) is 64.9 Å². The predicted molar refractivity (Wildman–Crippen MR) is 104 cm³/mol. The molecule has 0 fully saturated rings. The molecular formula is C19H19N5OS. The second kappa shape index (κ2) is 6.76. The van der Waals surface area contributed by atoms with E-state index in [1.54, 1.807) is 31.0 Å². The molecule has 0 amide bonds. The zero-order valence-electron chi connectivity index (χ0n) is 14.8. The summed E-state index contributed by atoms with van der Waals surface area (Å²) >= 11 is 1.66. The first-order valence-corrected chi connectivity index (χ1v) is 9.07. The van der Waals surface area contributed by atoms with Crippen LogP contribution in [0.5, 0.6) is 5.75 Å². The van der Waals surface area contributed by atoms with E-state index in [1.807, 2.05) is 42.1 Å². The van der Waals surface area contributed by atoms with Crippen LogP contribution in [-0.2, 0) is 7.05 Å². The minimum Gasteiger partial charge on any atom is -0.496 e. The Balaban J connectivity index is 1.85. The molecule has 0 saturated heterocycles. The van der Waals surface area contributed by atoms with Gasteiger partial charge in [0.1, 0.15) is 34.6 Å². The Hall–Kier alpha value is -2.93. The zero-order chi connectivity index (χ0) is 18.1. The lowest BCUT2D eigenvalue weighted by molar-refractivity contribution is 0.408. The van der Waals surface area contributed by atoms with Crippen molar-refractivity contribution in [2.45, 2.75) is 13.0 Å². The molecule has 7 heteroatoms. The molecule has 26 heavy (non-hydrogen) atoms. The fourth-order valence-corrected chi connectivity index (χ4v) is 3.92. The molecule has 1 aromatic carbocycles. The Morgan fingerprint density at radius 2 is 2.04 bits per heavy atom. The maximum Gasteiger partial charge on any atom is 0.139 e. The third-order valence-electron chi connectivity index (χ3n) is 4.30. The van der Waals surface area contributed by atoms with Crippen molar-refractivity contribution in [3.05, 3.63) is 65.3 Å². The number of rotatable bonds is 5. The summed E-state index contributed by atoms with van der Waals surface area (Å²) in [4.78, 5) is 15.6. The first kappa shape index (κ1) is 16.5. The highest BCUT2D eigenvalue weighted by atomic mass is 32.1. The number of methoxy groups -OCH3 is 1. The summed E-state index contributed by atoms with van der Waals surface area (Å²) in [5.74, 6) is 2.48. The van der Waals surface area contributed by atoms with Crippen molar-refractivity contribution in [1.29, 1.82) is 0 Å². The Morgan fingerprint density at radius 1 is 1.19 bits per heavy atom. The first-order chi connectivity index (χ1) is 12.7. The molecule has 0 aliphatic rings. The van der Waals surface area contributed by atoms with Crippen LogP contribution < -0.4 is 10.1 Å². The molecular weight excluding hydrogens is 346 g/mol. The molecule has 1 unspecified atom stereocenters. The molecule has 4 rings (SSSR count). The largest absolute Gasteiger partial charge is 0.496 e. The van der Waals surface area contributed by atoms with E-state index in [0.717, 1.165) is 33.2 Å². The number of para-hydroxylation sites is 1. The SMILES string of the molecule is COc1ccccc1C(Nc1ncnc2sc(C)cc12)c1nccn1C. The number of aryl methyl sites for hydroxylation is 2. The van der Waals surface area contributed by atoms with Crippen LogP contribution in [0.1, 0.15) is 22.3 Å². The lowest BCUT2D eigenvalue weighted by atomic mass is 10.0. The fourth-order valence-electron chi connectivity index (χ4n) is 3.07. The Bertz CT molecular complexity index is 1050. The highest BCUT2D eigenvalue weighted by Crippen LogP contribution is 2.34. The number of nitrogens with one attached hydrogen (secondary N) is 1. The van der Waals surface area contributed by atoms with Crippen molar-refractivity contribution in [2.24, 2.45) is 7.05 Å². The second-order valence-corrected chi connectivity index (χ2v) is 7.25. The number of benzene rings is 1. The van der Waals surface area contributed by atoms with Gasteiger partial charge in [-0.05, 0) is 19.1 Å². The molecule has 132 valence electrons. The Labute approximate surface area is 155 Å². The van der Waals surface area contributed by atoms with E-state index in [1.165, 1.54) is 4.88 Å². The van der Waals surface area contributed by atoms with Gasteiger partial charge in [0, 0.05) is 29.9 Å². The lowest BCUT2D eigenvalue weighted by Gasteiger charge is -2.22. The van der Waals surface area contributed by atoms with E-state index in [4.69, 9.17) is 4.74 Å². The van der Waals surface area contributed by atoms with Gasteiger partial charge >= 0.3 is 0 Å². The van der Waals surface area contributed by atoms with Crippen LogP contribution in [0, 0.1) is 6.92 Å². The molecule has 3 aromatic heterocycles. The molecule has 3 heterocycles. The monoisotopic (exact) mass is 365 g/mol. The molecule has 0 spiro atoms. The number of hydrogen-bond donors (Lipinski definition) is 1. The van der Waals surface area contributed by atoms with E-state index < -0.39 is 0 Å². The van der Waals surface area contributed by atoms with Crippen LogP contribution in [0.2, 0.25) is 0 Å². The van der Waals surface area contributed by atoms with Crippen LogP contribution >= 0.6 is 11.3 Å². The predicted octanol–water partition coefficient (Wildman–Crippen LogP) is 3.94. The van der Waals surface area contributed by atoms with Gasteiger partial charge in [-0.1, -0.05) is 18.2 Å². The van der Waals surface area contributed by atoms with Crippen molar-refractivity contribution in [1.82, 2.24) is 19.5 Å². The molecule has 0 aliphatic carbocycles. The average Bonchev–Trinajstić information content (AvgIpc) is 3.24. The van der Waals surface area contributed by atoms with Crippen LogP contribution in [0.15, 0.2) is 49.1 Å². The molecule has 1 atom stereocenters. The molecule has 0 saturated carbocycles. The minimum atomic E-state index is -0.204. The summed E-state index contributed by atoms with van der Waals surface area (Å²) in [5.41, 5.74) is 1.00. The molecule has 0 radical (unpaired) electrons. The highest BCUT2D eigenvalue weighted by molar-refractivity contribution is 7.18. The molecule has 4 aromatic rings. The van der Waals surface area contributed by atoms with E-state index in [-0.39, 0.29) is 6.04 Å². The van der Waals surface area contributed by atoms with Gasteiger partial charge in [0.05, 0.1) is 12.5 Å². The molecule has 6 nitrogen and oxygen atoms in total. The first-order valence-electron chi connectivity index (χ1n) is 8.25. The van der Waals surface area contributed by atoms with Gasteiger partial charge in [0.2, 0.25) is 0 Å². The van der Waals surface area contributed by atoms with E-state index in [2.05, 4.69) is 33.3 Å². The summed E-state index contributed by atoms with van der Waals surface area (Å²) in [6.45, 7) is 2.08. The third kappa shape index (κ3) is 2.90. The third-order valence-corrected chi connectivity index (χ3v) is 5.26. The smallest absolute Gasteiger partial charge is 0.139 e. The standard InChI is InChI=1S/C19H19N5OS/c1-12-10-14-17(21-11-22-19(14)26-12)23-16(18-20-8-9-24(18)2)13-6-4-5-7-15(13)25-3/h4-11,16H,1-3H3,(H,21,22,23). The van der Waals surface area contributed by atoms with Gasteiger partial charge in [-0.3, -0.25) is 0 Å². The van der Waals surface area contributed by atoms with E-state index >= 15 is 0 Å². The van der Waals surface area contributed by atoms with Crippen molar-refractivity contribution in [3.8, 4) is 5.75 Å². The number of anilines is 1. The van der Waals surface area contributed by atoms with Gasteiger partial charge in [-0.15, -0.1) is 11.3 Å². The Morgan fingerprint density at radius 3 is 2.81 bits per heavy atom. The number of hydrogen-bond acceptors (Lipinski definition) is 6. The van der Waals surface area contributed by atoms with Crippen molar-refractivity contribution < 1.29 is 4.74 Å². The van der Waals surface area contributed by atoms with Crippen LogP contribution in [0.3, 0.4) is 0 Å². The minimum absolute atomic E-state index is 0.204. The lowest BCUT2D eigenvalue weighted by Crippen LogP contribution is -2.18. The fraction of sp³-hybridized carbons (Fsp3) is 0.211. The van der Waals surface area contributed by atoms with Gasteiger partial charge < -0.3 is 14.6 Å². The normalized spacial score (nSPS) is 12.3. The molecule has 0 bridgehead atoms. The number of imidazole rings is 1. The summed E-state index contributed by atoms with van der Waals surface area (Å²) in [7, 11) is 3.66. The van der Waals surface area contributed by atoms with Gasteiger partial charge in [-0.25, -0.2) is 15.0 Å². The van der Waals surface area contributed by atoms with Gasteiger partial charge in [0.15, 0.2) is 0 Å². The van der Waals surface area contributed by atoms with Crippen LogP contribution in [-0.4, -0.2) is 26.6 Å². The number of fused-ring (bicyclic) bond motifs is 1. The summed E-state index contributed by atoms with van der Waals surface area (Å²) < 4.78 is 7.59. The summed E-state index contributed by atoms with van der Waals surface area (Å²) in [6, 6.07) is 9.87. The van der Waals surface area contributed by atoms with E-state index in [9.17, 15) is 0 Å². The molecule has 1 N–H and O–H groups in total. The second-order valence-electron chi connectivity index (χ2n) is 6.01. The zero-order valence-corrected chi connectivity index (χ0v) is 15.6. The van der Waals surface area contributed by atoms with Crippen LogP contribution in [0.25, 0.3) is 10.2 Å². The van der Waals surface area contributed by atoms with Crippen LogP contribution in [0.4, 0.5) is 5.82 Å². The van der Waals surface area contributed by atoms with Crippen molar-refractivity contribution in [2.75, 3.05) is 12.4 Å². The summed E-state index contributed by atoms with van der Waals surface area (Å²) in [5, 5.41) is 4.58. The maximum absolute atomic E-state index is 5.59. The van der Waals surface area contributed by atoms with E-state index in [0.29, 0.717) is 0 Å². The number of ether oxygens (including phenoxy) is 1. The average molecular weight is 365 g/mol. The number of aromatic nitrogens is 4. The van der Waals surface area contributed by atoms with Crippen molar-refractivity contribution >= 4 is 27.4 Å². The van der Waals surface area contributed by atoms with Gasteiger partial charge in [-0.2, -0.15) is 0 Å². The molecule has 0 aliphatic heterocycles. The number of thiophene rings is 1. The van der Waals surface area contributed by atoms with Gasteiger partial charge in [0.25, 0.3) is 0 Å². The quantitative estimate of drug-likeness (QED) is 0.580. The summed E-state index contributed by atoms with van der Waals surface area (Å²) in [6.07, 6.45) is 5.33. The Kier molecular flexibility index (Phi) is 4.30. The highest BCUT2D eigenvalue weighted by Gasteiger charge is 2.23.